The van der Waals surface area contributed by atoms with Crippen molar-refractivity contribution in [2.45, 2.75) is 47.1 Å². The summed E-state index contributed by atoms with van der Waals surface area (Å²) in [6, 6.07) is 2.04. The molecule has 0 heterocycles. The third-order valence-corrected chi connectivity index (χ3v) is 5.90. The van der Waals surface area contributed by atoms with Crippen molar-refractivity contribution in [2.75, 3.05) is 12.4 Å². The molecule has 0 N–H and O–H groups in total. The highest BCUT2D eigenvalue weighted by Crippen LogP contribution is 2.62. The summed E-state index contributed by atoms with van der Waals surface area (Å²) in [5, 5.41) is 9.06. The second-order valence-corrected chi connectivity index (χ2v) is 8.82. The molecule has 0 saturated heterocycles. The highest BCUT2D eigenvalue weighted by atomic mass is 32.7. The molecule has 2 unspecified atom stereocenters. The molecule has 6 heteroatoms. The summed E-state index contributed by atoms with van der Waals surface area (Å²) in [6.45, 7) is 6.49. The van der Waals surface area contributed by atoms with E-state index in [1.165, 1.54) is 11.4 Å². The van der Waals surface area contributed by atoms with Gasteiger partial charge in [-0.1, -0.05) is 27.7 Å². The van der Waals surface area contributed by atoms with Gasteiger partial charge in [0.15, 0.2) is 6.10 Å². The summed E-state index contributed by atoms with van der Waals surface area (Å²) >= 11 is 1.17. The lowest BCUT2D eigenvalue weighted by Gasteiger charge is -2.28. The zero-order valence-electron chi connectivity index (χ0n) is 11.2. The van der Waals surface area contributed by atoms with Gasteiger partial charge in [-0.25, -0.2) is 4.57 Å². The molecule has 0 aliphatic rings. The van der Waals surface area contributed by atoms with Crippen molar-refractivity contribution < 1.29 is 13.6 Å². The van der Waals surface area contributed by atoms with Crippen molar-refractivity contribution in [2.24, 2.45) is 5.41 Å². The molecule has 0 amide bonds. The molecule has 4 nitrogen and oxygen atoms in total. The first kappa shape index (κ1) is 17.0. The summed E-state index contributed by atoms with van der Waals surface area (Å²) in [5.41, 5.74) is -0.381. The van der Waals surface area contributed by atoms with Crippen LogP contribution in [0.1, 0.15) is 41.0 Å². The summed E-state index contributed by atoms with van der Waals surface area (Å²) in [5.74, 6) is 0.694. The fraction of sp³-hybridized carbons (Fsp3) is 0.909. The average molecular weight is 279 g/mol. The largest absolute Gasteiger partial charge is 0.390 e. The Hall–Kier alpha value is -0.01000. The summed E-state index contributed by atoms with van der Waals surface area (Å²) in [7, 11) is 0. The fourth-order valence-electron chi connectivity index (χ4n) is 0.964. The standard InChI is InChI=1S/C11H22NO3PS/c1-6-8-17-16(13,14-7-2)15-10(9-12)11(3,4)5/h10H,6-8H2,1-5H3. The normalized spacial score (nSPS) is 17.2. The molecule has 0 aliphatic heterocycles. The van der Waals surface area contributed by atoms with Crippen molar-refractivity contribution in [1.82, 2.24) is 0 Å². The van der Waals surface area contributed by atoms with Crippen LogP contribution in [0.5, 0.6) is 0 Å². The number of nitrogens with zero attached hydrogens (tertiary/aromatic N) is 1. The lowest BCUT2D eigenvalue weighted by Crippen LogP contribution is -2.26. The van der Waals surface area contributed by atoms with Gasteiger partial charge >= 0.3 is 6.80 Å². The molecule has 0 aromatic heterocycles. The minimum absolute atomic E-state index is 0.316. The number of hydrogen-bond acceptors (Lipinski definition) is 5. The van der Waals surface area contributed by atoms with E-state index in [1.807, 2.05) is 33.8 Å². The van der Waals surface area contributed by atoms with E-state index in [4.69, 9.17) is 14.3 Å². The van der Waals surface area contributed by atoms with E-state index in [2.05, 4.69) is 0 Å². The first-order chi connectivity index (χ1) is 7.79. The van der Waals surface area contributed by atoms with Gasteiger partial charge in [0.25, 0.3) is 0 Å². The van der Waals surface area contributed by atoms with E-state index in [1.54, 1.807) is 6.92 Å². The molecule has 0 fully saturated rings. The Morgan fingerprint density at radius 2 is 2.00 bits per heavy atom. The van der Waals surface area contributed by atoms with Crippen LogP contribution in [-0.4, -0.2) is 18.5 Å². The molecule has 0 aromatic rings. The van der Waals surface area contributed by atoms with Crippen LogP contribution >= 0.6 is 18.2 Å². The highest BCUT2D eigenvalue weighted by Gasteiger charge is 2.35. The Morgan fingerprint density at radius 3 is 2.35 bits per heavy atom. The Bertz CT molecular complexity index is 309. The van der Waals surface area contributed by atoms with Gasteiger partial charge in [-0.05, 0) is 24.7 Å². The number of nitriles is 1. The van der Waals surface area contributed by atoms with E-state index in [0.29, 0.717) is 12.4 Å². The molecular weight excluding hydrogens is 257 g/mol. The molecule has 0 saturated carbocycles. The van der Waals surface area contributed by atoms with Crippen LogP contribution < -0.4 is 0 Å². The molecule has 0 spiro atoms. The van der Waals surface area contributed by atoms with E-state index in [0.717, 1.165) is 6.42 Å². The molecule has 0 bridgehead atoms. The third-order valence-electron chi connectivity index (χ3n) is 1.88. The Morgan fingerprint density at radius 1 is 1.41 bits per heavy atom. The van der Waals surface area contributed by atoms with Gasteiger partial charge in [0, 0.05) is 11.2 Å². The predicted octanol–water partition coefficient (Wildman–Crippen LogP) is 4.23. The third kappa shape index (κ3) is 6.47. The quantitative estimate of drug-likeness (QED) is 0.653. The van der Waals surface area contributed by atoms with Gasteiger partial charge in [-0.15, -0.1) is 0 Å². The van der Waals surface area contributed by atoms with Crippen LogP contribution in [0, 0.1) is 16.7 Å². The minimum atomic E-state index is -3.21. The van der Waals surface area contributed by atoms with Gasteiger partial charge < -0.3 is 4.52 Å². The van der Waals surface area contributed by atoms with Crippen molar-refractivity contribution in [3.05, 3.63) is 0 Å². The van der Waals surface area contributed by atoms with Crippen molar-refractivity contribution in [3.8, 4) is 6.07 Å². The zero-order chi connectivity index (χ0) is 13.5. The van der Waals surface area contributed by atoms with E-state index in [9.17, 15) is 4.57 Å². The molecule has 0 aromatic carbocycles. The zero-order valence-corrected chi connectivity index (χ0v) is 12.9. The minimum Gasteiger partial charge on any atom is -0.301 e. The van der Waals surface area contributed by atoms with Gasteiger partial charge in [-0.3, -0.25) is 4.52 Å². The van der Waals surface area contributed by atoms with E-state index in [-0.39, 0.29) is 5.41 Å². The molecule has 0 rings (SSSR count). The Kier molecular flexibility index (Phi) is 7.43. The van der Waals surface area contributed by atoms with Crippen molar-refractivity contribution >= 4 is 18.2 Å². The van der Waals surface area contributed by atoms with E-state index < -0.39 is 12.9 Å². The second kappa shape index (κ2) is 7.43. The van der Waals surface area contributed by atoms with Crippen LogP contribution in [0.4, 0.5) is 0 Å². The second-order valence-electron chi connectivity index (χ2n) is 4.68. The van der Waals surface area contributed by atoms with Crippen LogP contribution in [0.2, 0.25) is 0 Å². The van der Waals surface area contributed by atoms with Gasteiger partial charge in [0.05, 0.1) is 12.7 Å². The maximum atomic E-state index is 12.4. The predicted molar refractivity (Wildman–Crippen MR) is 71.9 cm³/mol. The highest BCUT2D eigenvalue weighted by molar-refractivity contribution is 8.55. The Labute approximate surface area is 108 Å². The van der Waals surface area contributed by atoms with Gasteiger partial charge in [0.2, 0.25) is 0 Å². The lowest BCUT2D eigenvalue weighted by atomic mass is 9.90. The lowest BCUT2D eigenvalue weighted by molar-refractivity contribution is 0.114. The molecule has 2 atom stereocenters. The van der Waals surface area contributed by atoms with Crippen molar-refractivity contribution in [1.29, 1.82) is 5.26 Å². The maximum Gasteiger partial charge on any atom is 0.390 e. The maximum absolute atomic E-state index is 12.4. The summed E-state index contributed by atoms with van der Waals surface area (Å²) in [6.07, 6.45) is 0.155. The van der Waals surface area contributed by atoms with Crippen LogP contribution in [0.3, 0.4) is 0 Å². The summed E-state index contributed by atoms with van der Waals surface area (Å²) in [4.78, 5) is 0. The number of hydrogen-bond donors (Lipinski definition) is 0. The molecule has 17 heavy (non-hydrogen) atoms. The Balaban J connectivity index is 4.74. The van der Waals surface area contributed by atoms with Crippen molar-refractivity contribution in [3.63, 3.8) is 0 Å². The monoisotopic (exact) mass is 279 g/mol. The topological polar surface area (TPSA) is 59.3 Å². The molecule has 0 radical (unpaired) electrons. The molecule has 0 aliphatic carbocycles. The van der Waals surface area contributed by atoms with Crippen LogP contribution in [0.25, 0.3) is 0 Å². The first-order valence-corrected chi connectivity index (χ1v) is 8.89. The smallest absolute Gasteiger partial charge is 0.301 e. The number of rotatable bonds is 7. The SMILES string of the molecule is CCCSP(=O)(OCC)OC(C#N)C(C)(C)C. The summed E-state index contributed by atoms with van der Waals surface area (Å²) < 4.78 is 23.0. The molecule has 100 valence electrons. The van der Waals surface area contributed by atoms with Crippen LogP contribution in [-0.2, 0) is 13.6 Å². The van der Waals surface area contributed by atoms with Gasteiger partial charge in [-0.2, -0.15) is 5.26 Å². The first-order valence-electron chi connectivity index (χ1n) is 5.76. The van der Waals surface area contributed by atoms with E-state index >= 15 is 0 Å². The fourth-order valence-corrected chi connectivity index (χ4v) is 4.70. The van der Waals surface area contributed by atoms with Gasteiger partial charge in [0.1, 0.15) is 0 Å². The molecular formula is C11H22NO3PS. The average Bonchev–Trinajstić information content (AvgIpc) is 2.22. The van der Waals surface area contributed by atoms with Crippen LogP contribution in [0.15, 0.2) is 0 Å².